The summed E-state index contributed by atoms with van der Waals surface area (Å²) in [5, 5.41) is 5.74. The molecule has 0 bridgehead atoms. The minimum atomic E-state index is -3.18. The fourth-order valence-electron chi connectivity index (χ4n) is 5.06. The lowest BCUT2D eigenvalue weighted by molar-refractivity contribution is 0.122. The summed E-state index contributed by atoms with van der Waals surface area (Å²) >= 11 is 1.56. The number of hydrogen-bond acceptors (Lipinski definition) is 10. The first-order valence-electron chi connectivity index (χ1n) is 13.1. The van der Waals surface area contributed by atoms with Crippen molar-refractivity contribution in [1.29, 1.82) is 0 Å². The van der Waals surface area contributed by atoms with E-state index in [1.807, 2.05) is 18.3 Å². The third kappa shape index (κ3) is 5.41. The number of morpholine rings is 1. The second-order valence-corrected chi connectivity index (χ2v) is 13.0. The van der Waals surface area contributed by atoms with Gasteiger partial charge in [0.25, 0.3) is 5.95 Å². The molecular formula is C26H32N8O3S2. The fourth-order valence-corrected chi connectivity index (χ4v) is 6.90. The molecule has 2 saturated heterocycles. The number of nitrogens with zero attached hydrogens (tertiary/aromatic N) is 8. The van der Waals surface area contributed by atoms with Crippen LogP contribution in [0.5, 0.6) is 0 Å². The molecule has 0 aliphatic carbocycles. The van der Waals surface area contributed by atoms with Crippen LogP contribution in [0, 0.1) is 6.92 Å². The second-order valence-electron chi connectivity index (χ2n) is 10.0. The summed E-state index contributed by atoms with van der Waals surface area (Å²) in [5.74, 6) is 1.30. The van der Waals surface area contributed by atoms with Gasteiger partial charge in [-0.15, -0.1) is 0 Å². The average molecular weight is 569 g/mol. The van der Waals surface area contributed by atoms with Crippen molar-refractivity contribution < 1.29 is 13.2 Å². The summed E-state index contributed by atoms with van der Waals surface area (Å²) < 4.78 is 32.8. The van der Waals surface area contributed by atoms with E-state index in [0.717, 1.165) is 45.5 Å². The SMILES string of the molecule is Cc1cccc(-c2ccn(-c3nc(N4CCOCC4)c4nc(C(C)N5CCN(S(C)(=O)=O)CC5)sc4n3)n2)c1. The lowest BCUT2D eigenvalue weighted by atomic mass is 10.1. The summed E-state index contributed by atoms with van der Waals surface area (Å²) in [6.07, 6.45) is 3.17. The first-order valence-corrected chi connectivity index (χ1v) is 15.8. The minimum absolute atomic E-state index is 0.0320. The topological polar surface area (TPSA) is 110 Å². The Hall–Kier alpha value is -2.97. The monoisotopic (exact) mass is 568 g/mol. The van der Waals surface area contributed by atoms with Gasteiger partial charge in [-0.25, -0.2) is 18.1 Å². The maximum absolute atomic E-state index is 11.9. The predicted molar refractivity (Wildman–Crippen MR) is 152 cm³/mol. The molecule has 0 N–H and O–H groups in total. The van der Waals surface area contributed by atoms with Crippen molar-refractivity contribution in [2.24, 2.45) is 0 Å². The van der Waals surface area contributed by atoms with E-state index in [9.17, 15) is 8.42 Å². The van der Waals surface area contributed by atoms with Crippen molar-refractivity contribution in [2.45, 2.75) is 19.9 Å². The Morgan fingerprint density at radius 2 is 1.77 bits per heavy atom. The van der Waals surface area contributed by atoms with Gasteiger partial charge in [-0.05, 0) is 26.0 Å². The van der Waals surface area contributed by atoms with E-state index < -0.39 is 10.0 Å². The zero-order chi connectivity index (χ0) is 27.1. The number of piperazine rings is 1. The van der Waals surface area contributed by atoms with Crippen LogP contribution < -0.4 is 4.90 Å². The van der Waals surface area contributed by atoms with Crippen molar-refractivity contribution >= 4 is 37.5 Å². The summed E-state index contributed by atoms with van der Waals surface area (Å²) in [5.41, 5.74) is 3.88. The van der Waals surface area contributed by atoms with Gasteiger partial charge >= 0.3 is 0 Å². The van der Waals surface area contributed by atoms with Crippen molar-refractivity contribution in [3.05, 3.63) is 47.1 Å². The van der Waals surface area contributed by atoms with Crippen molar-refractivity contribution in [1.82, 2.24) is 33.9 Å². The highest BCUT2D eigenvalue weighted by atomic mass is 32.2. The van der Waals surface area contributed by atoms with Gasteiger partial charge in [0.05, 0.1) is 31.2 Å². The smallest absolute Gasteiger partial charge is 0.254 e. The maximum Gasteiger partial charge on any atom is 0.254 e. The molecule has 1 atom stereocenters. The van der Waals surface area contributed by atoms with Gasteiger partial charge in [0.2, 0.25) is 10.0 Å². The molecule has 2 fully saturated rings. The largest absolute Gasteiger partial charge is 0.378 e. The van der Waals surface area contributed by atoms with Crippen LogP contribution in [-0.4, -0.2) is 101 Å². The summed E-state index contributed by atoms with van der Waals surface area (Å²) in [6, 6.07) is 10.3. The number of anilines is 1. The number of aromatic nitrogens is 5. The lowest BCUT2D eigenvalue weighted by Crippen LogP contribution is -2.48. The number of fused-ring (bicyclic) bond motifs is 1. The average Bonchev–Trinajstić information content (AvgIpc) is 3.60. The standard InChI is InChI=1S/C26H32N8O3S2/c1-18-5-4-6-20(17-18)21-7-8-34(30-21)26-28-23(32-13-15-37-16-14-32)22-25(29-26)38-24(27-22)19(2)31-9-11-33(12-10-31)39(3,35)36/h4-8,17,19H,9-16H2,1-3H3. The van der Waals surface area contributed by atoms with Crippen LogP contribution in [0.4, 0.5) is 5.82 Å². The highest BCUT2D eigenvalue weighted by molar-refractivity contribution is 7.88. The Balaban J connectivity index is 1.34. The van der Waals surface area contributed by atoms with Crippen LogP contribution in [0.1, 0.15) is 23.5 Å². The highest BCUT2D eigenvalue weighted by Crippen LogP contribution is 2.34. The molecule has 6 rings (SSSR count). The third-order valence-corrected chi connectivity index (χ3v) is 9.73. The molecule has 2 aliphatic heterocycles. The number of benzene rings is 1. The molecule has 0 saturated carbocycles. The minimum Gasteiger partial charge on any atom is -0.378 e. The van der Waals surface area contributed by atoms with Gasteiger partial charge in [0, 0.05) is 51.0 Å². The first-order chi connectivity index (χ1) is 18.8. The molecule has 1 unspecified atom stereocenters. The predicted octanol–water partition coefficient (Wildman–Crippen LogP) is 2.72. The molecule has 2 aliphatic rings. The van der Waals surface area contributed by atoms with Crippen LogP contribution in [0.3, 0.4) is 0 Å². The molecule has 39 heavy (non-hydrogen) atoms. The van der Waals surface area contributed by atoms with E-state index in [2.05, 4.69) is 41.8 Å². The zero-order valence-corrected chi connectivity index (χ0v) is 24.0. The normalized spacial score (nSPS) is 18.6. The van der Waals surface area contributed by atoms with Crippen LogP contribution in [0.25, 0.3) is 27.6 Å². The van der Waals surface area contributed by atoms with Gasteiger partial charge in [0.15, 0.2) is 10.6 Å². The van der Waals surface area contributed by atoms with E-state index in [-0.39, 0.29) is 6.04 Å². The molecule has 5 heterocycles. The molecule has 0 spiro atoms. The number of ether oxygens (including phenoxy) is 1. The fraction of sp³-hybridized carbons (Fsp3) is 0.462. The van der Waals surface area contributed by atoms with E-state index in [0.29, 0.717) is 45.3 Å². The molecule has 0 radical (unpaired) electrons. The Morgan fingerprint density at radius 1 is 1.00 bits per heavy atom. The van der Waals surface area contributed by atoms with Crippen LogP contribution in [-0.2, 0) is 14.8 Å². The van der Waals surface area contributed by atoms with Gasteiger partial charge < -0.3 is 9.64 Å². The van der Waals surface area contributed by atoms with Crippen LogP contribution >= 0.6 is 11.3 Å². The number of rotatable bonds is 6. The Bertz CT molecular complexity index is 1590. The van der Waals surface area contributed by atoms with Crippen LogP contribution in [0.15, 0.2) is 36.5 Å². The van der Waals surface area contributed by atoms with Crippen molar-refractivity contribution in [3.8, 4) is 17.2 Å². The molecule has 206 valence electrons. The molecule has 11 nitrogen and oxygen atoms in total. The van der Waals surface area contributed by atoms with Gasteiger partial charge in [-0.1, -0.05) is 35.1 Å². The van der Waals surface area contributed by atoms with Crippen LogP contribution in [0.2, 0.25) is 0 Å². The summed E-state index contributed by atoms with van der Waals surface area (Å²) in [7, 11) is -3.18. The Labute approximate surface area is 232 Å². The quantitative estimate of drug-likeness (QED) is 0.347. The molecule has 1 aromatic carbocycles. The second kappa shape index (κ2) is 10.5. The molecular weight excluding hydrogens is 536 g/mol. The number of thiazole rings is 1. The zero-order valence-electron chi connectivity index (χ0n) is 22.3. The lowest BCUT2D eigenvalue weighted by Gasteiger charge is -2.36. The summed E-state index contributed by atoms with van der Waals surface area (Å²) in [6.45, 7) is 9.22. The van der Waals surface area contributed by atoms with E-state index >= 15 is 0 Å². The highest BCUT2D eigenvalue weighted by Gasteiger charge is 2.29. The van der Waals surface area contributed by atoms with Gasteiger partial charge in [0.1, 0.15) is 10.5 Å². The number of hydrogen-bond donors (Lipinski definition) is 0. The van der Waals surface area contributed by atoms with E-state index in [1.54, 1.807) is 16.0 Å². The van der Waals surface area contributed by atoms with Crippen molar-refractivity contribution in [2.75, 3.05) is 63.6 Å². The number of sulfonamides is 1. The van der Waals surface area contributed by atoms with Gasteiger partial charge in [-0.2, -0.15) is 19.4 Å². The Kier molecular flexibility index (Phi) is 7.10. The molecule has 3 aromatic heterocycles. The molecule has 0 amide bonds. The maximum atomic E-state index is 11.9. The molecule has 13 heteroatoms. The Morgan fingerprint density at radius 3 is 2.49 bits per heavy atom. The third-order valence-electron chi connectivity index (χ3n) is 7.31. The van der Waals surface area contributed by atoms with E-state index in [4.69, 9.17) is 24.8 Å². The molecule has 4 aromatic rings. The first kappa shape index (κ1) is 26.3. The van der Waals surface area contributed by atoms with E-state index in [1.165, 1.54) is 16.1 Å². The van der Waals surface area contributed by atoms with Gasteiger partial charge in [-0.3, -0.25) is 4.90 Å². The summed E-state index contributed by atoms with van der Waals surface area (Å²) in [4.78, 5) is 20.2. The van der Waals surface area contributed by atoms with Crippen molar-refractivity contribution in [3.63, 3.8) is 0 Å². The number of aryl methyl sites for hydroxylation is 1.